The van der Waals surface area contributed by atoms with Crippen LogP contribution in [0.3, 0.4) is 0 Å². The molecular weight excluding hydrogens is 476 g/mol. The van der Waals surface area contributed by atoms with E-state index < -0.39 is 24.8 Å². The van der Waals surface area contributed by atoms with Crippen molar-refractivity contribution >= 4 is 28.2 Å². The number of alkyl halides is 3. The molecule has 1 aliphatic rings. The number of hydrogen-bond acceptors (Lipinski definition) is 5. The summed E-state index contributed by atoms with van der Waals surface area (Å²) in [6.07, 6.45) is 2.58. The van der Waals surface area contributed by atoms with Crippen molar-refractivity contribution in [3.8, 4) is 11.4 Å². The van der Waals surface area contributed by atoms with Crippen molar-refractivity contribution in [3.05, 3.63) is 47.3 Å². The van der Waals surface area contributed by atoms with Crippen LogP contribution < -0.4 is 0 Å². The molecule has 5 heterocycles. The van der Waals surface area contributed by atoms with Crippen LogP contribution in [0, 0.1) is 5.82 Å². The Labute approximate surface area is 196 Å². The zero-order valence-electron chi connectivity index (χ0n) is 17.9. The van der Waals surface area contributed by atoms with E-state index in [1.807, 2.05) is 4.90 Å². The van der Waals surface area contributed by atoms with Crippen LogP contribution >= 0.6 is 11.6 Å². The second kappa shape index (κ2) is 8.79. The molecule has 7 nitrogen and oxygen atoms in total. The molecule has 1 unspecified atom stereocenters. The van der Waals surface area contributed by atoms with E-state index in [9.17, 15) is 22.7 Å². The van der Waals surface area contributed by atoms with Crippen LogP contribution in [-0.2, 0) is 6.54 Å². The topological polar surface area (TPSA) is 71.5 Å². The molecule has 1 saturated heterocycles. The van der Waals surface area contributed by atoms with E-state index in [1.165, 1.54) is 29.1 Å². The van der Waals surface area contributed by atoms with Gasteiger partial charge < -0.3 is 5.11 Å². The summed E-state index contributed by atoms with van der Waals surface area (Å²) >= 11 is 5.91. The number of rotatable bonds is 4. The van der Waals surface area contributed by atoms with Crippen LogP contribution in [0.2, 0.25) is 5.02 Å². The Balaban J connectivity index is 1.63. The van der Waals surface area contributed by atoms with Crippen LogP contribution in [0.5, 0.6) is 0 Å². The highest BCUT2D eigenvalue weighted by atomic mass is 35.5. The molecule has 4 aromatic heterocycles. The molecule has 0 spiro atoms. The van der Waals surface area contributed by atoms with E-state index in [-0.39, 0.29) is 27.6 Å². The van der Waals surface area contributed by atoms with Gasteiger partial charge in [0.25, 0.3) is 0 Å². The Morgan fingerprint density at radius 3 is 2.50 bits per heavy atom. The molecule has 4 aromatic rings. The molecule has 180 valence electrons. The number of aliphatic hydroxyl groups is 1. The van der Waals surface area contributed by atoms with E-state index in [4.69, 9.17) is 11.6 Å². The first-order valence-electron chi connectivity index (χ1n) is 10.9. The monoisotopic (exact) mass is 496 g/mol. The molecule has 1 atom stereocenters. The summed E-state index contributed by atoms with van der Waals surface area (Å²) < 4.78 is 56.2. The number of aromatic nitrogens is 5. The predicted molar refractivity (Wildman–Crippen MR) is 118 cm³/mol. The molecule has 1 aliphatic heterocycles. The van der Waals surface area contributed by atoms with Crippen molar-refractivity contribution in [3.63, 3.8) is 0 Å². The molecule has 1 N–H and O–H groups in total. The minimum absolute atomic E-state index is 0.160. The van der Waals surface area contributed by atoms with Crippen molar-refractivity contribution in [1.82, 2.24) is 29.0 Å². The van der Waals surface area contributed by atoms with Gasteiger partial charge in [0.1, 0.15) is 23.7 Å². The smallest absolute Gasteiger partial charge is 0.372 e. The molecule has 0 aromatic carbocycles. The predicted octanol–water partition coefficient (Wildman–Crippen LogP) is 4.97. The summed E-state index contributed by atoms with van der Waals surface area (Å²) in [6.45, 7) is 0.0546. The van der Waals surface area contributed by atoms with Gasteiger partial charge in [0, 0.05) is 36.9 Å². The van der Waals surface area contributed by atoms with E-state index in [2.05, 4.69) is 15.1 Å². The average molecular weight is 497 g/mol. The van der Waals surface area contributed by atoms with Crippen LogP contribution in [0.4, 0.5) is 17.6 Å². The standard InChI is InChI=1S/C22H21ClF4N6O/c23-14-11-32-18(10-29-19(32)7-15(14)24)20-13-9-28-16(21(34)31-5-3-1-2-4-6-31)8-17(13)33(30-20)12-22(25,26)27/h7-11,21,34H,1-6,12H2. The molecule has 0 bridgehead atoms. The quantitative estimate of drug-likeness (QED) is 0.404. The molecule has 0 radical (unpaired) electrons. The molecule has 34 heavy (non-hydrogen) atoms. The Morgan fingerprint density at radius 1 is 1.06 bits per heavy atom. The van der Waals surface area contributed by atoms with Crippen molar-refractivity contribution in [1.29, 1.82) is 0 Å². The molecule has 0 saturated carbocycles. The van der Waals surface area contributed by atoms with Crippen LogP contribution in [0.1, 0.15) is 37.6 Å². The van der Waals surface area contributed by atoms with Crippen molar-refractivity contribution in [2.45, 2.75) is 44.6 Å². The second-order valence-electron chi connectivity index (χ2n) is 8.41. The Bertz CT molecular complexity index is 1340. The lowest BCUT2D eigenvalue weighted by Crippen LogP contribution is -2.30. The lowest BCUT2D eigenvalue weighted by atomic mass is 10.2. The zero-order chi connectivity index (χ0) is 24.0. The van der Waals surface area contributed by atoms with Gasteiger partial charge in [-0.1, -0.05) is 24.4 Å². The van der Waals surface area contributed by atoms with Crippen molar-refractivity contribution in [2.75, 3.05) is 13.1 Å². The molecular formula is C22H21ClF4N6O. The van der Waals surface area contributed by atoms with Crippen molar-refractivity contribution < 1.29 is 22.7 Å². The number of fused-ring (bicyclic) bond motifs is 2. The SMILES string of the molecule is OC(c1cc2c(cn1)c(-c1cnc3cc(F)c(Cl)cn13)nn2CC(F)(F)F)N1CCCCCC1. The number of likely N-dealkylation sites (tertiary alicyclic amines) is 1. The van der Waals surface area contributed by atoms with Gasteiger partial charge in [-0.3, -0.25) is 19.0 Å². The van der Waals surface area contributed by atoms with Gasteiger partial charge in [-0.15, -0.1) is 0 Å². The van der Waals surface area contributed by atoms with E-state index in [1.54, 1.807) is 0 Å². The highest BCUT2D eigenvalue weighted by molar-refractivity contribution is 6.30. The minimum atomic E-state index is -4.52. The molecule has 1 fully saturated rings. The molecule has 5 rings (SSSR count). The maximum atomic E-state index is 13.8. The maximum absolute atomic E-state index is 13.8. The first-order chi connectivity index (χ1) is 16.2. The summed E-state index contributed by atoms with van der Waals surface area (Å²) in [4.78, 5) is 10.4. The molecule has 12 heteroatoms. The van der Waals surface area contributed by atoms with Crippen LogP contribution in [0.25, 0.3) is 27.9 Å². The largest absolute Gasteiger partial charge is 0.408 e. The van der Waals surface area contributed by atoms with Gasteiger partial charge in [-0.25, -0.2) is 9.37 Å². The zero-order valence-corrected chi connectivity index (χ0v) is 18.7. The third kappa shape index (κ3) is 4.35. The number of hydrogen-bond donors (Lipinski definition) is 1. The van der Waals surface area contributed by atoms with E-state index in [0.29, 0.717) is 24.2 Å². The number of pyridine rings is 2. The van der Waals surface area contributed by atoms with Gasteiger partial charge in [0.15, 0.2) is 6.23 Å². The Morgan fingerprint density at radius 2 is 1.79 bits per heavy atom. The molecule has 0 amide bonds. The normalized spacial score (nSPS) is 16.9. The maximum Gasteiger partial charge on any atom is 0.408 e. The van der Waals surface area contributed by atoms with Crippen molar-refractivity contribution in [2.24, 2.45) is 0 Å². The van der Waals surface area contributed by atoms with Gasteiger partial charge in [0.05, 0.1) is 28.1 Å². The summed E-state index contributed by atoms with van der Waals surface area (Å²) in [6, 6.07) is 2.58. The molecule has 0 aliphatic carbocycles. The lowest BCUT2D eigenvalue weighted by molar-refractivity contribution is -0.141. The summed E-state index contributed by atoms with van der Waals surface area (Å²) in [5.74, 6) is -0.660. The Hall–Kier alpha value is -2.76. The second-order valence-corrected chi connectivity index (χ2v) is 8.82. The highest BCUT2D eigenvalue weighted by Crippen LogP contribution is 2.33. The third-order valence-electron chi connectivity index (χ3n) is 6.03. The van der Waals surface area contributed by atoms with Crippen LogP contribution in [0.15, 0.2) is 30.7 Å². The summed E-state index contributed by atoms with van der Waals surface area (Å²) in [7, 11) is 0. The number of nitrogens with zero attached hydrogens (tertiary/aromatic N) is 6. The number of aliphatic hydroxyl groups excluding tert-OH is 1. The van der Waals surface area contributed by atoms with Crippen LogP contribution in [-0.4, -0.2) is 53.4 Å². The first-order valence-corrected chi connectivity index (χ1v) is 11.3. The Kier molecular flexibility index (Phi) is 5.95. The fourth-order valence-electron chi connectivity index (χ4n) is 4.38. The van der Waals surface area contributed by atoms with Gasteiger partial charge >= 0.3 is 6.18 Å². The minimum Gasteiger partial charge on any atom is -0.372 e. The van der Waals surface area contributed by atoms with E-state index >= 15 is 0 Å². The highest BCUT2D eigenvalue weighted by Gasteiger charge is 2.31. The summed E-state index contributed by atoms with van der Waals surface area (Å²) in [5, 5.41) is 15.3. The number of imidazole rings is 1. The lowest BCUT2D eigenvalue weighted by Gasteiger charge is -2.25. The number of halogens is 5. The third-order valence-corrected chi connectivity index (χ3v) is 6.31. The average Bonchev–Trinajstić information content (AvgIpc) is 3.20. The fraction of sp³-hybridized carbons (Fsp3) is 0.409. The first kappa shape index (κ1) is 23.0. The van der Waals surface area contributed by atoms with E-state index in [0.717, 1.165) is 36.4 Å². The fourth-order valence-corrected chi connectivity index (χ4v) is 4.53. The van der Waals surface area contributed by atoms with Gasteiger partial charge in [-0.2, -0.15) is 18.3 Å². The summed E-state index contributed by atoms with van der Waals surface area (Å²) in [5.41, 5.74) is 1.20. The van der Waals surface area contributed by atoms with Gasteiger partial charge in [-0.05, 0) is 18.9 Å². The van der Waals surface area contributed by atoms with Gasteiger partial charge in [0.2, 0.25) is 0 Å².